The average molecular weight is 145 g/mol. The predicted octanol–water partition coefficient (Wildman–Crippen LogP) is -2.76. The molecule has 1 fully saturated rings. The van der Waals surface area contributed by atoms with Crippen molar-refractivity contribution in [2.75, 3.05) is 7.11 Å². The summed E-state index contributed by atoms with van der Waals surface area (Å²) in [5, 5.41) is 21.2. The minimum Gasteiger partial charge on any atom is -0.389 e. The van der Waals surface area contributed by atoms with Crippen LogP contribution in [0.5, 0.6) is 0 Å². The van der Waals surface area contributed by atoms with Gasteiger partial charge in [0.15, 0.2) is 0 Å². The lowest BCUT2D eigenvalue weighted by atomic mass is 9.92. The highest BCUT2D eigenvalue weighted by atomic mass is 16.5. The number of methoxy groups -OCH3 is 1. The smallest absolute Gasteiger partial charge is 0.136 e. The molecule has 1 aliphatic heterocycles. The van der Waals surface area contributed by atoms with Crippen LogP contribution in [0.25, 0.3) is 0 Å². The van der Waals surface area contributed by atoms with Crippen molar-refractivity contribution in [1.82, 2.24) is 5.32 Å². The van der Waals surface area contributed by atoms with Gasteiger partial charge < -0.3 is 14.9 Å². The molecule has 0 aliphatic carbocycles. The van der Waals surface area contributed by atoms with Gasteiger partial charge in [0.25, 0.3) is 0 Å². The lowest BCUT2D eigenvalue weighted by Gasteiger charge is -2.12. The van der Waals surface area contributed by atoms with Gasteiger partial charge >= 0.3 is 0 Å². The Morgan fingerprint density at radius 2 is 2.00 bits per heavy atom. The molecule has 1 heterocycles. The molecule has 5 heteroatoms. The highest BCUT2D eigenvalue weighted by Crippen LogP contribution is 2.11. The molecule has 1 saturated heterocycles. The number of ether oxygens (including phenoxy) is 1. The van der Waals surface area contributed by atoms with Crippen LogP contribution in [0.2, 0.25) is 0 Å². The topological polar surface area (TPSA) is 61.7 Å². The molecule has 0 bridgehead atoms. The quantitative estimate of drug-likeness (QED) is 0.350. The van der Waals surface area contributed by atoms with E-state index in [4.69, 9.17) is 4.74 Å². The van der Waals surface area contributed by atoms with Gasteiger partial charge in [-0.2, -0.15) is 0 Å². The second-order valence-electron chi connectivity index (χ2n) is 2.59. The maximum atomic E-state index is 9.19. The van der Waals surface area contributed by atoms with Crippen molar-refractivity contribution in [3.05, 3.63) is 0 Å². The van der Waals surface area contributed by atoms with E-state index in [1.807, 2.05) is 0 Å². The molecular weight excluding hydrogens is 133 g/mol. The van der Waals surface area contributed by atoms with Crippen LogP contribution < -0.4 is 5.32 Å². The molecule has 1 aliphatic rings. The van der Waals surface area contributed by atoms with Crippen molar-refractivity contribution in [2.24, 2.45) is 0 Å². The number of aliphatic hydroxyl groups excluding tert-OH is 2. The summed E-state index contributed by atoms with van der Waals surface area (Å²) in [7, 11) is 3.29. The molecule has 0 amide bonds. The van der Waals surface area contributed by atoms with Crippen LogP contribution in [0.1, 0.15) is 0 Å². The molecule has 0 aromatic heterocycles. The average Bonchev–Trinajstić information content (AvgIpc) is 2.17. The molecule has 4 atom stereocenters. The van der Waals surface area contributed by atoms with Gasteiger partial charge in [-0.3, -0.25) is 5.32 Å². The van der Waals surface area contributed by atoms with Gasteiger partial charge in [-0.05, 0) is 0 Å². The van der Waals surface area contributed by atoms with Crippen molar-refractivity contribution in [3.63, 3.8) is 0 Å². The molecule has 0 aromatic rings. The molecule has 3 N–H and O–H groups in total. The van der Waals surface area contributed by atoms with Gasteiger partial charge in [0.1, 0.15) is 20.2 Å². The molecule has 4 nitrogen and oxygen atoms in total. The van der Waals surface area contributed by atoms with Crippen molar-refractivity contribution in [2.45, 2.75) is 24.4 Å². The Balaban J connectivity index is 2.53. The van der Waals surface area contributed by atoms with E-state index >= 15 is 0 Å². The highest BCUT2D eigenvalue weighted by molar-refractivity contribution is 6.12. The fourth-order valence-electron chi connectivity index (χ4n) is 1.14. The van der Waals surface area contributed by atoms with Crippen LogP contribution >= 0.6 is 0 Å². The van der Waals surface area contributed by atoms with Crippen molar-refractivity contribution >= 4 is 7.85 Å². The van der Waals surface area contributed by atoms with Crippen molar-refractivity contribution < 1.29 is 14.9 Å². The van der Waals surface area contributed by atoms with E-state index in [9.17, 15) is 10.2 Å². The first-order valence-electron chi connectivity index (χ1n) is 3.32. The zero-order valence-corrected chi connectivity index (χ0v) is 6.11. The van der Waals surface area contributed by atoms with E-state index in [0.29, 0.717) is 0 Å². The van der Waals surface area contributed by atoms with Crippen LogP contribution in [-0.4, -0.2) is 49.5 Å². The molecule has 10 heavy (non-hydrogen) atoms. The monoisotopic (exact) mass is 145 g/mol. The third-order valence-corrected chi connectivity index (χ3v) is 1.85. The largest absolute Gasteiger partial charge is 0.389 e. The van der Waals surface area contributed by atoms with E-state index in [-0.39, 0.29) is 5.94 Å². The zero-order chi connectivity index (χ0) is 7.72. The summed E-state index contributed by atoms with van der Waals surface area (Å²) in [6, 6.07) is 0. The molecule has 0 unspecified atom stereocenters. The first kappa shape index (κ1) is 8.01. The maximum Gasteiger partial charge on any atom is 0.136 e. The lowest BCUT2D eigenvalue weighted by Crippen LogP contribution is -2.34. The second-order valence-corrected chi connectivity index (χ2v) is 2.59. The van der Waals surface area contributed by atoms with Crippen molar-refractivity contribution in [1.29, 1.82) is 0 Å². The Labute approximate surface area is 60.6 Å². The SMILES string of the molecule is B[C@@H]1N[C@H](OC)[C@@H](O)[C@H]1O. The number of nitrogens with one attached hydrogen (secondary N) is 1. The minimum absolute atomic E-state index is 0.0973. The van der Waals surface area contributed by atoms with Gasteiger partial charge in [-0.1, -0.05) is 0 Å². The van der Waals surface area contributed by atoms with Gasteiger partial charge in [-0.25, -0.2) is 0 Å². The molecule has 0 spiro atoms. The van der Waals surface area contributed by atoms with Crippen LogP contribution in [0.15, 0.2) is 0 Å². The van der Waals surface area contributed by atoms with E-state index in [1.54, 1.807) is 7.85 Å². The number of rotatable bonds is 1. The summed E-state index contributed by atoms with van der Waals surface area (Å²) in [4.78, 5) is 0. The number of hydrogen-bond donors (Lipinski definition) is 3. The lowest BCUT2D eigenvalue weighted by molar-refractivity contribution is -0.0416. The molecule has 58 valence electrons. The molecule has 0 aromatic carbocycles. The molecular formula is C5H12BNO3. The van der Waals surface area contributed by atoms with Gasteiger partial charge in [-0.15, -0.1) is 0 Å². The van der Waals surface area contributed by atoms with Crippen LogP contribution in [0, 0.1) is 0 Å². The first-order chi connectivity index (χ1) is 4.66. The predicted molar refractivity (Wildman–Crippen MR) is 38.3 cm³/mol. The molecule has 1 rings (SSSR count). The first-order valence-corrected chi connectivity index (χ1v) is 3.32. The normalized spacial score (nSPS) is 47.9. The summed E-state index contributed by atoms with van der Waals surface area (Å²) in [5.41, 5.74) is 0. The van der Waals surface area contributed by atoms with E-state index in [2.05, 4.69) is 5.32 Å². The van der Waals surface area contributed by atoms with Gasteiger partial charge in [0.2, 0.25) is 0 Å². The van der Waals surface area contributed by atoms with Crippen LogP contribution in [0.3, 0.4) is 0 Å². The van der Waals surface area contributed by atoms with E-state index in [1.165, 1.54) is 7.11 Å². The molecule has 0 saturated carbocycles. The van der Waals surface area contributed by atoms with Crippen LogP contribution in [-0.2, 0) is 4.74 Å². The van der Waals surface area contributed by atoms with Gasteiger partial charge in [0, 0.05) is 13.1 Å². The standard InChI is InChI=1S/C5H12BNO3/c1-10-5-3(9)2(8)4(6)7-5/h2-5,7-9H,6H2,1H3/t2-,3+,4-,5-/m1/s1. The fraction of sp³-hybridized carbons (Fsp3) is 1.00. The Hall–Kier alpha value is -0.0951. The zero-order valence-electron chi connectivity index (χ0n) is 6.11. The summed E-state index contributed by atoms with van der Waals surface area (Å²) < 4.78 is 4.84. The second kappa shape index (κ2) is 2.88. The van der Waals surface area contributed by atoms with E-state index < -0.39 is 18.4 Å². The number of hydrogen-bond acceptors (Lipinski definition) is 4. The molecule has 0 radical (unpaired) electrons. The number of aliphatic hydroxyl groups is 2. The Bertz CT molecular complexity index is 123. The Morgan fingerprint density at radius 1 is 1.40 bits per heavy atom. The fourth-order valence-corrected chi connectivity index (χ4v) is 1.14. The Morgan fingerprint density at radius 3 is 2.20 bits per heavy atom. The summed E-state index contributed by atoms with van der Waals surface area (Å²) in [6.45, 7) is 0. The Kier molecular flexibility index (Phi) is 2.30. The summed E-state index contributed by atoms with van der Waals surface area (Å²) >= 11 is 0. The summed E-state index contributed by atoms with van der Waals surface area (Å²) in [5.74, 6) is -0.0973. The summed E-state index contributed by atoms with van der Waals surface area (Å²) in [6.07, 6.45) is -1.95. The highest BCUT2D eigenvalue weighted by Gasteiger charge is 2.38. The van der Waals surface area contributed by atoms with Gasteiger partial charge in [0.05, 0.1) is 6.10 Å². The third kappa shape index (κ3) is 1.18. The van der Waals surface area contributed by atoms with E-state index in [0.717, 1.165) is 0 Å². The maximum absolute atomic E-state index is 9.19. The van der Waals surface area contributed by atoms with Crippen LogP contribution in [0.4, 0.5) is 0 Å². The minimum atomic E-state index is -0.806. The third-order valence-electron chi connectivity index (χ3n) is 1.85. The van der Waals surface area contributed by atoms with Crippen molar-refractivity contribution in [3.8, 4) is 0 Å².